The van der Waals surface area contributed by atoms with Crippen molar-refractivity contribution in [2.45, 2.75) is 18.9 Å². The molecule has 4 rings (SSSR count). The highest BCUT2D eigenvalue weighted by Crippen LogP contribution is 2.36. The summed E-state index contributed by atoms with van der Waals surface area (Å²) in [7, 11) is 0. The van der Waals surface area contributed by atoms with E-state index in [0.29, 0.717) is 12.2 Å². The number of aromatic nitrogens is 2. The Balaban J connectivity index is 1.53. The monoisotopic (exact) mass is 384 g/mol. The van der Waals surface area contributed by atoms with Gasteiger partial charge >= 0.3 is 6.03 Å². The molecule has 2 amide bonds. The minimum atomic E-state index is -0.168. The molecule has 1 fully saturated rings. The molecule has 1 N–H and O–H groups in total. The zero-order valence-electron chi connectivity index (χ0n) is 13.9. The standard InChI is InChI=1S/C19H17ClN4OS/c20-17-14(8-4-10-21-17)23-19(25)24-11-5-9-16(24)18-22-15(12-26-18)13-6-2-1-3-7-13/h1-4,6-8,10,12,16H,5,9,11H2,(H,23,25). The summed E-state index contributed by atoms with van der Waals surface area (Å²) in [6, 6.07) is 13.4. The zero-order chi connectivity index (χ0) is 17.9. The predicted molar refractivity (Wildman–Crippen MR) is 104 cm³/mol. The number of nitrogens with one attached hydrogen (secondary N) is 1. The highest BCUT2D eigenvalue weighted by Gasteiger charge is 2.32. The van der Waals surface area contributed by atoms with Crippen LogP contribution in [-0.2, 0) is 0 Å². The van der Waals surface area contributed by atoms with Gasteiger partial charge in [-0.25, -0.2) is 14.8 Å². The van der Waals surface area contributed by atoms with Gasteiger partial charge in [0.1, 0.15) is 5.01 Å². The average molecular weight is 385 g/mol. The summed E-state index contributed by atoms with van der Waals surface area (Å²) in [5, 5.41) is 6.17. The second-order valence-electron chi connectivity index (χ2n) is 6.06. The number of carbonyl (C=O) groups excluding carboxylic acids is 1. The maximum absolute atomic E-state index is 12.7. The molecule has 0 aliphatic carbocycles. The summed E-state index contributed by atoms with van der Waals surface area (Å²) in [6.07, 6.45) is 3.46. The molecule has 1 saturated heterocycles. The Morgan fingerprint density at radius 2 is 2.08 bits per heavy atom. The lowest BCUT2D eigenvalue weighted by Gasteiger charge is -2.23. The van der Waals surface area contributed by atoms with Crippen molar-refractivity contribution in [1.82, 2.24) is 14.9 Å². The second-order valence-corrected chi connectivity index (χ2v) is 7.31. The molecule has 0 radical (unpaired) electrons. The van der Waals surface area contributed by atoms with E-state index >= 15 is 0 Å². The molecule has 26 heavy (non-hydrogen) atoms. The van der Waals surface area contributed by atoms with E-state index in [1.165, 1.54) is 0 Å². The van der Waals surface area contributed by atoms with Crippen LogP contribution < -0.4 is 5.32 Å². The van der Waals surface area contributed by atoms with E-state index in [0.717, 1.165) is 29.1 Å². The number of halogens is 1. The largest absolute Gasteiger partial charge is 0.322 e. The highest BCUT2D eigenvalue weighted by atomic mass is 35.5. The topological polar surface area (TPSA) is 58.1 Å². The molecular weight excluding hydrogens is 368 g/mol. The van der Waals surface area contributed by atoms with Gasteiger partial charge in [0.05, 0.1) is 17.4 Å². The van der Waals surface area contributed by atoms with Gasteiger partial charge in [0.2, 0.25) is 0 Å². The number of hydrogen-bond acceptors (Lipinski definition) is 4. The van der Waals surface area contributed by atoms with Crippen LogP contribution in [0.3, 0.4) is 0 Å². The Kier molecular flexibility index (Phi) is 4.86. The molecule has 0 bridgehead atoms. The number of pyridine rings is 1. The molecule has 1 unspecified atom stereocenters. The fourth-order valence-electron chi connectivity index (χ4n) is 3.11. The van der Waals surface area contributed by atoms with Crippen molar-refractivity contribution < 1.29 is 4.79 Å². The molecule has 3 aromatic rings. The summed E-state index contributed by atoms with van der Waals surface area (Å²) in [5.74, 6) is 0. The van der Waals surface area contributed by atoms with Gasteiger partial charge in [-0.05, 0) is 25.0 Å². The van der Waals surface area contributed by atoms with Crippen molar-refractivity contribution in [1.29, 1.82) is 0 Å². The minimum Gasteiger partial charge on any atom is -0.315 e. The van der Waals surface area contributed by atoms with Crippen LogP contribution in [0.1, 0.15) is 23.9 Å². The third-order valence-electron chi connectivity index (χ3n) is 4.39. The molecule has 1 aliphatic heterocycles. The number of amides is 2. The van der Waals surface area contributed by atoms with Crippen molar-refractivity contribution in [3.05, 3.63) is 64.2 Å². The minimum absolute atomic E-state index is 0.00657. The van der Waals surface area contributed by atoms with Crippen LogP contribution in [0, 0.1) is 0 Å². The van der Waals surface area contributed by atoms with Gasteiger partial charge in [-0.1, -0.05) is 41.9 Å². The van der Waals surface area contributed by atoms with Crippen molar-refractivity contribution in [3.8, 4) is 11.3 Å². The molecular formula is C19H17ClN4OS. The van der Waals surface area contributed by atoms with E-state index in [1.807, 2.05) is 35.2 Å². The van der Waals surface area contributed by atoms with Gasteiger partial charge in [-0.15, -0.1) is 11.3 Å². The first-order valence-corrected chi connectivity index (χ1v) is 9.67. The predicted octanol–water partition coefficient (Wildman–Crippen LogP) is 5.23. The molecule has 1 atom stereocenters. The SMILES string of the molecule is O=C(Nc1cccnc1Cl)N1CCCC1c1nc(-c2ccccc2)cs1. The van der Waals surface area contributed by atoms with Gasteiger partial charge < -0.3 is 10.2 Å². The Morgan fingerprint density at radius 1 is 1.23 bits per heavy atom. The number of hydrogen-bond donors (Lipinski definition) is 1. The Labute approximate surface area is 160 Å². The summed E-state index contributed by atoms with van der Waals surface area (Å²) in [4.78, 5) is 23.3. The number of thiazole rings is 1. The van der Waals surface area contributed by atoms with Gasteiger partial charge in [-0.2, -0.15) is 0 Å². The molecule has 5 nitrogen and oxygen atoms in total. The highest BCUT2D eigenvalue weighted by molar-refractivity contribution is 7.10. The fraction of sp³-hybridized carbons (Fsp3) is 0.211. The Hall–Kier alpha value is -2.44. The Morgan fingerprint density at radius 3 is 2.88 bits per heavy atom. The summed E-state index contributed by atoms with van der Waals surface area (Å²) in [5.41, 5.74) is 2.56. The average Bonchev–Trinajstić information content (AvgIpc) is 3.33. The van der Waals surface area contributed by atoms with Crippen molar-refractivity contribution in [2.75, 3.05) is 11.9 Å². The lowest BCUT2D eigenvalue weighted by Crippen LogP contribution is -2.34. The maximum Gasteiger partial charge on any atom is 0.322 e. The van der Waals surface area contributed by atoms with E-state index in [4.69, 9.17) is 16.6 Å². The lowest BCUT2D eigenvalue weighted by atomic mass is 10.2. The van der Waals surface area contributed by atoms with E-state index in [1.54, 1.807) is 29.7 Å². The van der Waals surface area contributed by atoms with Gasteiger partial charge in [0.25, 0.3) is 0 Å². The van der Waals surface area contributed by atoms with Crippen LogP contribution in [0.5, 0.6) is 0 Å². The molecule has 1 aliphatic rings. The van der Waals surface area contributed by atoms with Gasteiger partial charge in [0, 0.05) is 23.7 Å². The zero-order valence-corrected chi connectivity index (χ0v) is 15.5. The second kappa shape index (κ2) is 7.43. The molecule has 0 spiro atoms. The van der Waals surface area contributed by atoms with Gasteiger partial charge in [-0.3, -0.25) is 0 Å². The van der Waals surface area contributed by atoms with Crippen LogP contribution in [-0.4, -0.2) is 27.4 Å². The van der Waals surface area contributed by atoms with Crippen molar-refractivity contribution >= 4 is 34.7 Å². The van der Waals surface area contributed by atoms with Crippen LogP contribution in [0.2, 0.25) is 5.15 Å². The maximum atomic E-state index is 12.7. The van der Waals surface area contributed by atoms with E-state index in [9.17, 15) is 4.79 Å². The first-order valence-electron chi connectivity index (χ1n) is 8.41. The molecule has 1 aromatic carbocycles. The first-order chi connectivity index (χ1) is 12.7. The third-order valence-corrected chi connectivity index (χ3v) is 5.64. The number of urea groups is 1. The number of benzene rings is 1. The number of rotatable bonds is 3. The van der Waals surface area contributed by atoms with Crippen LogP contribution in [0.4, 0.5) is 10.5 Å². The molecule has 0 saturated carbocycles. The normalized spacial score (nSPS) is 16.7. The summed E-state index contributed by atoms with van der Waals surface area (Å²) < 4.78 is 0. The van der Waals surface area contributed by atoms with E-state index in [-0.39, 0.29) is 17.2 Å². The van der Waals surface area contributed by atoms with Crippen LogP contribution in [0.25, 0.3) is 11.3 Å². The molecule has 3 heterocycles. The quantitative estimate of drug-likeness (QED) is 0.629. The van der Waals surface area contributed by atoms with Crippen molar-refractivity contribution in [3.63, 3.8) is 0 Å². The van der Waals surface area contributed by atoms with Crippen LogP contribution in [0.15, 0.2) is 54.0 Å². The molecule has 2 aromatic heterocycles. The fourth-order valence-corrected chi connectivity index (χ4v) is 4.26. The molecule has 132 valence electrons. The molecule has 7 heteroatoms. The summed E-state index contributed by atoms with van der Waals surface area (Å²) in [6.45, 7) is 0.703. The number of nitrogens with zero attached hydrogens (tertiary/aromatic N) is 3. The number of likely N-dealkylation sites (tertiary alicyclic amines) is 1. The van der Waals surface area contributed by atoms with E-state index in [2.05, 4.69) is 15.7 Å². The Bertz CT molecular complexity index is 915. The van der Waals surface area contributed by atoms with Crippen molar-refractivity contribution in [2.24, 2.45) is 0 Å². The van der Waals surface area contributed by atoms with E-state index < -0.39 is 0 Å². The number of anilines is 1. The number of carbonyl (C=O) groups is 1. The third kappa shape index (κ3) is 3.43. The van der Waals surface area contributed by atoms with Crippen LogP contribution >= 0.6 is 22.9 Å². The van der Waals surface area contributed by atoms with Gasteiger partial charge in [0.15, 0.2) is 5.15 Å². The summed E-state index contributed by atoms with van der Waals surface area (Å²) >= 11 is 7.65. The lowest BCUT2D eigenvalue weighted by molar-refractivity contribution is 0.207. The first kappa shape index (κ1) is 17.0. The smallest absolute Gasteiger partial charge is 0.315 e.